The van der Waals surface area contributed by atoms with E-state index in [1.54, 1.807) is 43.1 Å². The zero-order valence-corrected chi connectivity index (χ0v) is 20.7. The maximum absolute atomic E-state index is 12.8. The summed E-state index contributed by atoms with van der Waals surface area (Å²) in [6.07, 6.45) is 4.76. The summed E-state index contributed by atoms with van der Waals surface area (Å²) in [4.78, 5) is 24.9. The van der Waals surface area contributed by atoms with Crippen LogP contribution in [0.25, 0.3) is 28.0 Å². The van der Waals surface area contributed by atoms with Crippen molar-refractivity contribution in [3.63, 3.8) is 0 Å². The number of nitrogens with zero attached hydrogens (tertiary/aromatic N) is 6. The summed E-state index contributed by atoms with van der Waals surface area (Å²) in [5.74, 6) is 0.688. The van der Waals surface area contributed by atoms with E-state index >= 15 is 0 Å². The number of anilines is 2. The van der Waals surface area contributed by atoms with Crippen LogP contribution in [0.2, 0.25) is 5.02 Å². The van der Waals surface area contributed by atoms with Gasteiger partial charge < -0.3 is 20.3 Å². The van der Waals surface area contributed by atoms with Gasteiger partial charge >= 0.3 is 0 Å². The molecular weight excluding hydrogens is 466 g/mol. The van der Waals surface area contributed by atoms with Gasteiger partial charge in [0.15, 0.2) is 5.65 Å². The first-order chi connectivity index (χ1) is 16.8. The van der Waals surface area contributed by atoms with Gasteiger partial charge in [0.25, 0.3) is 5.91 Å². The maximum Gasteiger partial charge on any atom is 0.250 e. The largest absolute Gasteiger partial charge is 0.495 e. The van der Waals surface area contributed by atoms with Gasteiger partial charge in [-0.2, -0.15) is 5.10 Å². The van der Waals surface area contributed by atoms with Crippen LogP contribution in [0, 0.1) is 0 Å². The Morgan fingerprint density at radius 3 is 2.57 bits per heavy atom. The minimum atomic E-state index is -0.180. The number of hydrogen-bond donors (Lipinski definition) is 1. The number of nitrogen functional groups attached to an aromatic ring is 1. The van der Waals surface area contributed by atoms with Crippen LogP contribution < -0.4 is 15.4 Å². The van der Waals surface area contributed by atoms with Gasteiger partial charge in [0.05, 0.1) is 23.9 Å². The SMILES string of the molecule is COc1ccc(-n2nc(-c3ccc(Cl)cc3)c3c(N)ncnc32)cc1N(C)C(=O)C=CCN(C)C. The fourth-order valence-corrected chi connectivity index (χ4v) is 3.76. The molecule has 2 aromatic heterocycles. The van der Waals surface area contributed by atoms with Crippen LogP contribution >= 0.6 is 11.6 Å². The molecule has 0 spiro atoms. The molecule has 4 rings (SSSR count). The number of hydrogen-bond acceptors (Lipinski definition) is 7. The van der Waals surface area contributed by atoms with E-state index < -0.39 is 0 Å². The smallest absolute Gasteiger partial charge is 0.250 e. The van der Waals surface area contributed by atoms with Gasteiger partial charge in [-0.3, -0.25) is 4.79 Å². The molecule has 0 aliphatic heterocycles. The highest BCUT2D eigenvalue weighted by Crippen LogP contribution is 2.35. The molecule has 35 heavy (non-hydrogen) atoms. The predicted octanol–water partition coefficient (Wildman–Crippen LogP) is 3.81. The van der Waals surface area contributed by atoms with E-state index in [9.17, 15) is 4.79 Å². The molecule has 2 N–H and O–H groups in total. The Hall–Kier alpha value is -3.95. The van der Waals surface area contributed by atoms with Gasteiger partial charge in [-0.25, -0.2) is 14.6 Å². The Labute approximate surface area is 208 Å². The van der Waals surface area contributed by atoms with Gasteiger partial charge in [0, 0.05) is 30.3 Å². The maximum atomic E-state index is 12.8. The fraction of sp³-hybridized carbons (Fsp3) is 0.200. The number of halogens is 1. The molecule has 4 aromatic rings. The van der Waals surface area contributed by atoms with E-state index in [2.05, 4.69) is 9.97 Å². The minimum Gasteiger partial charge on any atom is -0.495 e. The third-order valence-corrected chi connectivity index (χ3v) is 5.69. The lowest BCUT2D eigenvalue weighted by Crippen LogP contribution is -2.25. The zero-order chi connectivity index (χ0) is 25.1. The van der Waals surface area contributed by atoms with E-state index in [0.717, 1.165) is 5.56 Å². The van der Waals surface area contributed by atoms with Crippen LogP contribution in [0.4, 0.5) is 11.5 Å². The van der Waals surface area contributed by atoms with E-state index in [-0.39, 0.29) is 5.91 Å². The predicted molar refractivity (Wildman–Crippen MR) is 139 cm³/mol. The van der Waals surface area contributed by atoms with Crippen LogP contribution in [0.1, 0.15) is 0 Å². The molecule has 2 heterocycles. The normalized spacial score (nSPS) is 11.5. The monoisotopic (exact) mass is 491 g/mol. The zero-order valence-electron chi connectivity index (χ0n) is 19.9. The summed E-state index contributed by atoms with van der Waals surface area (Å²) < 4.78 is 7.21. The molecule has 0 saturated heterocycles. The van der Waals surface area contributed by atoms with Crippen molar-refractivity contribution < 1.29 is 9.53 Å². The first kappa shape index (κ1) is 24.2. The second-order valence-electron chi connectivity index (χ2n) is 8.14. The molecule has 9 nitrogen and oxygen atoms in total. The van der Waals surface area contributed by atoms with Crippen LogP contribution in [-0.2, 0) is 4.79 Å². The molecule has 10 heteroatoms. The second-order valence-corrected chi connectivity index (χ2v) is 8.58. The third-order valence-electron chi connectivity index (χ3n) is 5.44. The van der Waals surface area contributed by atoms with Gasteiger partial charge in [-0.05, 0) is 44.4 Å². The Kier molecular flexibility index (Phi) is 6.99. The second kappa shape index (κ2) is 10.1. The van der Waals surface area contributed by atoms with E-state index in [0.29, 0.717) is 51.2 Å². The van der Waals surface area contributed by atoms with E-state index in [4.69, 9.17) is 27.2 Å². The lowest BCUT2D eigenvalue weighted by atomic mass is 10.1. The number of aromatic nitrogens is 4. The number of likely N-dealkylation sites (N-methyl/N-ethyl adjacent to an activating group) is 2. The van der Waals surface area contributed by atoms with Crippen molar-refractivity contribution in [3.8, 4) is 22.7 Å². The lowest BCUT2D eigenvalue weighted by molar-refractivity contribution is -0.113. The number of carbonyl (C=O) groups is 1. The molecule has 2 aromatic carbocycles. The third kappa shape index (κ3) is 4.96. The van der Waals surface area contributed by atoms with E-state index in [1.807, 2.05) is 49.3 Å². The first-order valence-electron chi connectivity index (χ1n) is 10.8. The molecule has 0 aliphatic rings. The fourth-order valence-electron chi connectivity index (χ4n) is 3.63. The number of nitrogens with two attached hydrogens (primary N) is 1. The average molecular weight is 492 g/mol. The van der Waals surface area contributed by atoms with Crippen molar-refractivity contribution in [1.29, 1.82) is 0 Å². The molecule has 0 fully saturated rings. The van der Waals surface area contributed by atoms with Gasteiger partial charge in [-0.1, -0.05) is 29.8 Å². The Morgan fingerprint density at radius 2 is 1.89 bits per heavy atom. The van der Waals surface area contributed by atoms with Gasteiger partial charge in [-0.15, -0.1) is 0 Å². The summed E-state index contributed by atoms with van der Waals surface area (Å²) in [6, 6.07) is 12.8. The van der Waals surface area contributed by atoms with E-state index in [1.165, 1.54) is 11.2 Å². The molecule has 0 saturated carbocycles. The standard InChI is InChI=1S/C25H26ClN7O2/c1-31(2)13-5-6-21(34)32(3)19-14-18(11-12-20(19)35-4)33-25-22(24(27)28-15-29-25)23(30-33)16-7-9-17(26)10-8-16/h5-12,14-15H,13H2,1-4H3,(H2,27,28,29). The highest BCUT2D eigenvalue weighted by molar-refractivity contribution is 6.30. The number of rotatable bonds is 7. The number of benzene rings is 2. The van der Waals surface area contributed by atoms with Crippen molar-refractivity contribution >= 4 is 40.0 Å². The summed E-state index contributed by atoms with van der Waals surface area (Å²) in [6.45, 7) is 0.657. The van der Waals surface area contributed by atoms with Gasteiger partial charge in [0.2, 0.25) is 0 Å². The van der Waals surface area contributed by atoms with Crippen LogP contribution in [0.15, 0.2) is 60.9 Å². The Balaban J connectivity index is 1.82. The lowest BCUT2D eigenvalue weighted by Gasteiger charge is -2.20. The molecule has 0 atom stereocenters. The van der Waals surface area contributed by atoms with Crippen LogP contribution in [0.3, 0.4) is 0 Å². The van der Waals surface area contributed by atoms with Crippen molar-refractivity contribution in [1.82, 2.24) is 24.6 Å². The number of methoxy groups -OCH3 is 1. The number of fused-ring (bicyclic) bond motifs is 1. The minimum absolute atomic E-state index is 0.180. The molecule has 1 amide bonds. The summed E-state index contributed by atoms with van der Waals surface area (Å²) in [7, 11) is 7.14. The summed E-state index contributed by atoms with van der Waals surface area (Å²) in [5, 5.41) is 6.06. The highest BCUT2D eigenvalue weighted by atomic mass is 35.5. The molecular formula is C25H26ClN7O2. The topological polar surface area (TPSA) is 102 Å². The first-order valence-corrected chi connectivity index (χ1v) is 11.2. The summed E-state index contributed by atoms with van der Waals surface area (Å²) >= 11 is 6.07. The molecule has 0 unspecified atom stereocenters. The number of amides is 1. The van der Waals surface area contributed by atoms with Crippen molar-refractivity contribution in [2.24, 2.45) is 0 Å². The number of carbonyl (C=O) groups excluding carboxylic acids is 1. The van der Waals surface area contributed by atoms with Crippen molar-refractivity contribution in [2.45, 2.75) is 0 Å². The van der Waals surface area contributed by atoms with Crippen LogP contribution in [-0.4, -0.2) is 65.4 Å². The van der Waals surface area contributed by atoms with Crippen molar-refractivity contribution in [3.05, 3.63) is 66.0 Å². The molecule has 0 bridgehead atoms. The van der Waals surface area contributed by atoms with Gasteiger partial charge in [0.1, 0.15) is 23.6 Å². The molecule has 180 valence electrons. The van der Waals surface area contributed by atoms with Crippen molar-refractivity contribution in [2.75, 3.05) is 45.4 Å². The Morgan fingerprint density at radius 1 is 1.14 bits per heavy atom. The Bertz CT molecular complexity index is 1400. The highest BCUT2D eigenvalue weighted by Gasteiger charge is 2.20. The number of ether oxygens (including phenoxy) is 1. The average Bonchev–Trinajstić information content (AvgIpc) is 3.24. The molecule has 0 aliphatic carbocycles. The quantitative estimate of drug-likeness (QED) is 0.392. The van der Waals surface area contributed by atoms with Crippen LogP contribution in [0.5, 0.6) is 5.75 Å². The summed E-state index contributed by atoms with van der Waals surface area (Å²) in [5.41, 5.74) is 9.49. The molecule has 0 radical (unpaired) electrons.